The molecule has 0 radical (unpaired) electrons. The van der Waals surface area contributed by atoms with Crippen LogP contribution in [0, 0.1) is 11.3 Å². The topological polar surface area (TPSA) is 35.2 Å². The molecule has 1 fully saturated rings. The molecule has 0 aliphatic heterocycles. The normalized spacial score (nSPS) is 22.3. The lowest BCUT2D eigenvalue weighted by Crippen LogP contribution is -2.46. The van der Waals surface area contributed by atoms with Crippen LogP contribution in [0.4, 0.5) is 0 Å². The predicted octanol–water partition coefficient (Wildman–Crippen LogP) is 3.35. The summed E-state index contributed by atoms with van der Waals surface area (Å²) in [5.41, 5.74) is 6.49. The molecule has 0 aromatic rings. The molecule has 2 nitrogen and oxygen atoms in total. The number of hydrogen-bond donors (Lipinski definition) is 1. The minimum absolute atomic E-state index is 0.147. The molecule has 0 saturated heterocycles. The number of rotatable bonds is 5. The van der Waals surface area contributed by atoms with Crippen molar-refractivity contribution in [3.05, 3.63) is 0 Å². The summed E-state index contributed by atoms with van der Waals surface area (Å²) in [6.07, 6.45) is 6.87. The minimum atomic E-state index is 0.147. The molecule has 0 heterocycles. The van der Waals surface area contributed by atoms with E-state index in [1.165, 1.54) is 25.7 Å². The molecule has 0 spiro atoms. The predicted molar refractivity (Wildman–Crippen MR) is 69.4 cm³/mol. The van der Waals surface area contributed by atoms with Crippen LogP contribution in [0.15, 0.2) is 0 Å². The van der Waals surface area contributed by atoms with Crippen LogP contribution in [0.5, 0.6) is 0 Å². The Hall–Kier alpha value is -0.0800. The Bertz CT molecular complexity index is 191. The van der Waals surface area contributed by atoms with Gasteiger partial charge in [-0.2, -0.15) is 0 Å². The molecule has 0 bridgehead atoms. The van der Waals surface area contributed by atoms with Crippen molar-refractivity contribution >= 4 is 0 Å². The highest BCUT2D eigenvalue weighted by atomic mass is 16.5. The number of ether oxygens (including phenoxy) is 1. The van der Waals surface area contributed by atoms with Gasteiger partial charge in [-0.05, 0) is 24.7 Å². The summed E-state index contributed by atoms with van der Waals surface area (Å²) in [4.78, 5) is 0. The molecule has 1 aliphatic carbocycles. The summed E-state index contributed by atoms with van der Waals surface area (Å²) in [5, 5.41) is 0. The SMILES string of the molecule is CCOC(C(N)CC1CCCC1)C(C)(C)C. The Balaban J connectivity index is 2.49. The maximum absolute atomic E-state index is 6.34. The van der Waals surface area contributed by atoms with Crippen molar-refractivity contribution in [3.63, 3.8) is 0 Å². The third-order valence-electron chi connectivity index (χ3n) is 3.67. The van der Waals surface area contributed by atoms with Gasteiger partial charge in [-0.15, -0.1) is 0 Å². The van der Waals surface area contributed by atoms with Crippen LogP contribution in [-0.4, -0.2) is 18.8 Å². The van der Waals surface area contributed by atoms with Crippen molar-refractivity contribution in [2.45, 2.75) is 71.9 Å². The molecular formula is C14H29NO. The first-order chi connectivity index (χ1) is 7.45. The van der Waals surface area contributed by atoms with Crippen LogP contribution in [-0.2, 0) is 4.74 Å². The van der Waals surface area contributed by atoms with Gasteiger partial charge in [-0.1, -0.05) is 46.5 Å². The van der Waals surface area contributed by atoms with E-state index < -0.39 is 0 Å². The summed E-state index contributed by atoms with van der Waals surface area (Å²) in [6.45, 7) is 9.49. The maximum atomic E-state index is 6.34. The molecule has 0 aromatic carbocycles. The zero-order valence-electron chi connectivity index (χ0n) is 11.5. The van der Waals surface area contributed by atoms with Crippen LogP contribution in [0.25, 0.3) is 0 Å². The Labute approximate surface area is 101 Å². The zero-order valence-corrected chi connectivity index (χ0v) is 11.5. The van der Waals surface area contributed by atoms with E-state index in [1.807, 2.05) is 0 Å². The van der Waals surface area contributed by atoms with Crippen molar-refractivity contribution in [3.8, 4) is 0 Å². The molecule has 2 N–H and O–H groups in total. The second-order valence-electron chi connectivity index (χ2n) is 6.29. The van der Waals surface area contributed by atoms with Gasteiger partial charge < -0.3 is 10.5 Å². The number of nitrogens with two attached hydrogens (primary N) is 1. The van der Waals surface area contributed by atoms with E-state index in [2.05, 4.69) is 27.7 Å². The molecule has 96 valence electrons. The third-order valence-corrected chi connectivity index (χ3v) is 3.67. The van der Waals surface area contributed by atoms with Gasteiger partial charge in [0.15, 0.2) is 0 Å². The fourth-order valence-corrected chi connectivity index (χ4v) is 2.95. The van der Waals surface area contributed by atoms with Crippen molar-refractivity contribution in [2.75, 3.05) is 6.61 Å². The quantitative estimate of drug-likeness (QED) is 0.781. The summed E-state index contributed by atoms with van der Waals surface area (Å²) >= 11 is 0. The average molecular weight is 227 g/mol. The van der Waals surface area contributed by atoms with Gasteiger partial charge in [-0.3, -0.25) is 0 Å². The van der Waals surface area contributed by atoms with E-state index >= 15 is 0 Å². The van der Waals surface area contributed by atoms with Gasteiger partial charge in [0.2, 0.25) is 0 Å². The Kier molecular flexibility index (Phi) is 5.26. The summed E-state index contributed by atoms with van der Waals surface area (Å²) in [6, 6.07) is 0.197. The van der Waals surface area contributed by atoms with Crippen LogP contribution in [0.3, 0.4) is 0 Å². The van der Waals surface area contributed by atoms with Gasteiger partial charge >= 0.3 is 0 Å². The lowest BCUT2D eigenvalue weighted by Gasteiger charge is -2.36. The van der Waals surface area contributed by atoms with E-state index in [0.717, 1.165) is 18.9 Å². The summed E-state index contributed by atoms with van der Waals surface area (Å²) < 4.78 is 5.85. The lowest BCUT2D eigenvalue weighted by atomic mass is 9.81. The average Bonchev–Trinajstić information content (AvgIpc) is 2.64. The largest absolute Gasteiger partial charge is 0.376 e. The monoisotopic (exact) mass is 227 g/mol. The van der Waals surface area contributed by atoms with Gasteiger partial charge in [0, 0.05) is 12.6 Å². The first-order valence-corrected chi connectivity index (χ1v) is 6.82. The van der Waals surface area contributed by atoms with Crippen LogP contribution >= 0.6 is 0 Å². The second kappa shape index (κ2) is 6.02. The van der Waals surface area contributed by atoms with Gasteiger partial charge in [0.05, 0.1) is 6.10 Å². The second-order valence-corrected chi connectivity index (χ2v) is 6.29. The first-order valence-electron chi connectivity index (χ1n) is 6.82. The van der Waals surface area contributed by atoms with E-state index in [0.29, 0.717) is 0 Å². The molecule has 1 aliphatic rings. The molecule has 16 heavy (non-hydrogen) atoms. The molecule has 1 rings (SSSR count). The van der Waals surface area contributed by atoms with Crippen LogP contribution in [0.1, 0.15) is 59.8 Å². The lowest BCUT2D eigenvalue weighted by molar-refractivity contribution is -0.0318. The maximum Gasteiger partial charge on any atom is 0.0773 e. The molecule has 0 aromatic heterocycles. The summed E-state index contributed by atoms with van der Waals surface area (Å²) in [7, 11) is 0. The van der Waals surface area contributed by atoms with E-state index in [1.54, 1.807) is 0 Å². The molecular weight excluding hydrogens is 198 g/mol. The van der Waals surface area contributed by atoms with Gasteiger partial charge in [-0.25, -0.2) is 0 Å². The van der Waals surface area contributed by atoms with Gasteiger partial charge in [0.1, 0.15) is 0 Å². The Morgan fingerprint density at radius 2 is 1.81 bits per heavy atom. The van der Waals surface area contributed by atoms with Crippen molar-refractivity contribution in [2.24, 2.45) is 17.1 Å². The first kappa shape index (κ1) is 14.0. The highest BCUT2D eigenvalue weighted by molar-refractivity contribution is 4.86. The van der Waals surface area contributed by atoms with Crippen LogP contribution in [0.2, 0.25) is 0 Å². The molecule has 2 atom stereocenters. The highest BCUT2D eigenvalue weighted by Gasteiger charge is 2.32. The molecule has 1 saturated carbocycles. The summed E-state index contributed by atoms with van der Waals surface area (Å²) in [5.74, 6) is 0.848. The van der Waals surface area contributed by atoms with Crippen molar-refractivity contribution in [1.82, 2.24) is 0 Å². The number of hydrogen-bond acceptors (Lipinski definition) is 2. The molecule has 0 amide bonds. The fourth-order valence-electron chi connectivity index (χ4n) is 2.95. The van der Waals surface area contributed by atoms with E-state index in [4.69, 9.17) is 10.5 Å². The van der Waals surface area contributed by atoms with Crippen LogP contribution < -0.4 is 5.73 Å². The molecule has 2 heteroatoms. The smallest absolute Gasteiger partial charge is 0.0773 e. The Morgan fingerprint density at radius 3 is 2.25 bits per heavy atom. The fraction of sp³-hybridized carbons (Fsp3) is 1.00. The molecule has 2 unspecified atom stereocenters. The highest BCUT2D eigenvalue weighted by Crippen LogP contribution is 2.32. The Morgan fingerprint density at radius 1 is 1.25 bits per heavy atom. The third kappa shape index (κ3) is 4.06. The van der Waals surface area contributed by atoms with E-state index in [-0.39, 0.29) is 17.6 Å². The zero-order chi connectivity index (χ0) is 12.2. The minimum Gasteiger partial charge on any atom is -0.376 e. The van der Waals surface area contributed by atoms with E-state index in [9.17, 15) is 0 Å². The standard InChI is InChI=1S/C14H29NO/c1-5-16-13(14(2,3)4)12(15)10-11-8-6-7-9-11/h11-13H,5-10,15H2,1-4H3. The van der Waals surface area contributed by atoms with Gasteiger partial charge in [0.25, 0.3) is 0 Å². The van der Waals surface area contributed by atoms with Crippen molar-refractivity contribution in [1.29, 1.82) is 0 Å². The van der Waals surface area contributed by atoms with Crippen molar-refractivity contribution < 1.29 is 4.74 Å².